The number of Topliss-reactive ketones (excluding diaryl/α,β-unsaturated/α-hetero) is 2. The molecule has 0 unspecified atom stereocenters. The molecule has 0 aromatic heterocycles. The summed E-state index contributed by atoms with van der Waals surface area (Å²) in [4.78, 5) is 47.9. The van der Waals surface area contributed by atoms with Crippen molar-refractivity contribution >= 4 is 34.2 Å². The minimum absolute atomic E-state index is 0.0440. The van der Waals surface area contributed by atoms with Crippen LogP contribution < -0.4 is 11.5 Å². The summed E-state index contributed by atoms with van der Waals surface area (Å²) in [5, 5.41) is 1.46. The Morgan fingerprint density at radius 3 is 1.41 bits per heavy atom. The molecule has 108 valence electrons. The maximum absolute atomic E-state index is 12.4. The van der Waals surface area contributed by atoms with E-state index in [0.29, 0.717) is 0 Å². The van der Waals surface area contributed by atoms with Crippen LogP contribution in [0.4, 0.5) is 0 Å². The Morgan fingerprint density at radius 2 is 1.09 bits per heavy atom. The van der Waals surface area contributed by atoms with Crippen molar-refractivity contribution in [3.8, 4) is 0 Å². The van der Waals surface area contributed by atoms with E-state index in [-0.39, 0.29) is 11.1 Å². The van der Waals surface area contributed by atoms with Crippen LogP contribution in [0.5, 0.6) is 0 Å². The van der Waals surface area contributed by atoms with Gasteiger partial charge in [0.2, 0.25) is 0 Å². The normalized spacial score (nSPS) is 14.2. The molecule has 0 saturated carbocycles. The highest BCUT2D eigenvalue weighted by atomic mass is 16.2. The minimum Gasteiger partial charge on any atom is -0.365 e. The van der Waals surface area contributed by atoms with Crippen molar-refractivity contribution < 1.29 is 19.2 Å². The Hall–Kier alpha value is -3.28. The maximum atomic E-state index is 12.4. The van der Waals surface area contributed by atoms with Crippen molar-refractivity contribution in [2.45, 2.75) is 0 Å². The van der Waals surface area contributed by atoms with E-state index in [2.05, 4.69) is 0 Å². The Morgan fingerprint density at radius 1 is 0.727 bits per heavy atom. The van der Waals surface area contributed by atoms with Gasteiger partial charge < -0.3 is 11.5 Å². The van der Waals surface area contributed by atoms with Gasteiger partial charge in [-0.05, 0) is 22.9 Å². The average Bonchev–Trinajstić information content (AvgIpc) is 2.48. The van der Waals surface area contributed by atoms with E-state index in [1.165, 1.54) is 12.1 Å². The first-order valence-corrected chi connectivity index (χ1v) is 6.38. The molecule has 0 aliphatic heterocycles. The lowest BCUT2D eigenvalue weighted by molar-refractivity contribution is -0.116. The van der Waals surface area contributed by atoms with Gasteiger partial charge in [-0.1, -0.05) is 24.3 Å². The highest BCUT2D eigenvalue weighted by Gasteiger charge is 2.37. The number of hydrogen-bond donors (Lipinski definition) is 2. The summed E-state index contributed by atoms with van der Waals surface area (Å²) in [6.45, 7) is 0. The van der Waals surface area contributed by atoms with Crippen LogP contribution in [0.15, 0.2) is 47.5 Å². The minimum atomic E-state index is -1.15. The van der Waals surface area contributed by atoms with Crippen molar-refractivity contribution in [1.29, 1.82) is 0 Å². The number of amides is 2. The topological polar surface area (TPSA) is 120 Å². The molecular weight excluding hydrogens is 284 g/mol. The highest BCUT2D eigenvalue weighted by Crippen LogP contribution is 2.30. The van der Waals surface area contributed by atoms with Crippen LogP contribution >= 0.6 is 0 Å². The maximum Gasteiger partial charge on any atom is 0.253 e. The van der Waals surface area contributed by atoms with Gasteiger partial charge in [0.1, 0.15) is 11.1 Å². The summed E-state index contributed by atoms with van der Waals surface area (Å²) in [5.41, 5.74) is 9.06. The lowest BCUT2D eigenvalue weighted by Gasteiger charge is -2.18. The van der Waals surface area contributed by atoms with Crippen LogP contribution in [0.3, 0.4) is 0 Å². The van der Waals surface area contributed by atoms with Crippen molar-refractivity contribution in [2.24, 2.45) is 11.5 Å². The number of primary amides is 2. The fraction of sp³-hybridized carbons (Fsp3) is 0. The molecule has 0 radical (unpaired) electrons. The summed E-state index contributed by atoms with van der Waals surface area (Å²) in [5.74, 6) is -3.82. The van der Waals surface area contributed by atoms with Crippen molar-refractivity contribution in [3.63, 3.8) is 0 Å². The molecule has 0 bridgehead atoms. The van der Waals surface area contributed by atoms with Crippen molar-refractivity contribution in [2.75, 3.05) is 0 Å². The first-order chi connectivity index (χ1) is 10.4. The predicted octanol–water partition coefficient (Wildman–Crippen LogP) is 0.486. The summed E-state index contributed by atoms with van der Waals surface area (Å²) >= 11 is 0. The molecule has 2 amide bonds. The first-order valence-electron chi connectivity index (χ1n) is 6.38. The van der Waals surface area contributed by atoms with Crippen LogP contribution in [-0.2, 0) is 9.59 Å². The number of benzene rings is 2. The Kier molecular flexibility index (Phi) is 2.88. The van der Waals surface area contributed by atoms with E-state index in [1.807, 2.05) is 0 Å². The Balaban J connectivity index is 2.37. The van der Waals surface area contributed by atoms with Crippen molar-refractivity contribution in [3.05, 3.63) is 58.7 Å². The quantitative estimate of drug-likeness (QED) is 0.783. The fourth-order valence-corrected chi connectivity index (χ4v) is 2.58. The third-order valence-electron chi connectivity index (χ3n) is 3.57. The SMILES string of the molecule is NC(=O)C1=C(C(N)=O)C(=O)c2cc3ccccc3cc2C1=O. The van der Waals surface area contributed by atoms with E-state index in [0.717, 1.165) is 10.8 Å². The molecule has 0 saturated heterocycles. The molecule has 6 heteroatoms. The molecule has 4 N–H and O–H groups in total. The molecule has 1 aliphatic carbocycles. The molecule has 0 atom stereocenters. The highest BCUT2D eigenvalue weighted by molar-refractivity contribution is 6.43. The van der Waals surface area contributed by atoms with E-state index in [9.17, 15) is 19.2 Å². The zero-order valence-corrected chi connectivity index (χ0v) is 11.3. The third kappa shape index (κ3) is 1.81. The second-order valence-corrected chi connectivity index (χ2v) is 4.88. The molecule has 3 rings (SSSR count). The lowest BCUT2D eigenvalue weighted by atomic mass is 9.82. The van der Waals surface area contributed by atoms with Crippen LogP contribution in [0.1, 0.15) is 20.7 Å². The lowest BCUT2D eigenvalue weighted by Crippen LogP contribution is -2.35. The molecule has 6 nitrogen and oxygen atoms in total. The van der Waals surface area contributed by atoms with Crippen LogP contribution in [0, 0.1) is 0 Å². The molecule has 0 heterocycles. The van der Waals surface area contributed by atoms with E-state index < -0.39 is 34.5 Å². The largest absolute Gasteiger partial charge is 0.365 e. The third-order valence-corrected chi connectivity index (χ3v) is 3.57. The number of ketones is 2. The second-order valence-electron chi connectivity index (χ2n) is 4.88. The number of nitrogens with two attached hydrogens (primary N) is 2. The summed E-state index contributed by atoms with van der Waals surface area (Å²) in [7, 11) is 0. The van der Waals surface area contributed by atoms with Crippen molar-refractivity contribution in [1.82, 2.24) is 0 Å². The molecule has 22 heavy (non-hydrogen) atoms. The summed E-state index contributed by atoms with van der Waals surface area (Å²) in [6, 6.07) is 10.1. The van der Waals surface area contributed by atoms with E-state index in [1.54, 1.807) is 24.3 Å². The van der Waals surface area contributed by atoms with Crippen LogP contribution in [-0.4, -0.2) is 23.4 Å². The number of rotatable bonds is 2. The van der Waals surface area contributed by atoms with Gasteiger partial charge in [0.05, 0.1) is 0 Å². The molecule has 0 fully saturated rings. The smallest absolute Gasteiger partial charge is 0.253 e. The van der Waals surface area contributed by atoms with Gasteiger partial charge in [0.15, 0.2) is 11.6 Å². The average molecular weight is 294 g/mol. The zero-order chi connectivity index (χ0) is 16.0. The number of carbonyl (C=O) groups excluding carboxylic acids is 4. The molecule has 0 spiro atoms. The van der Waals surface area contributed by atoms with E-state index in [4.69, 9.17) is 11.5 Å². The second kappa shape index (κ2) is 4.63. The predicted molar refractivity (Wildman–Crippen MR) is 78.0 cm³/mol. The number of hydrogen-bond acceptors (Lipinski definition) is 4. The van der Waals surface area contributed by atoms with E-state index >= 15 is 0 Å². The Labute approximate surface area is 124 Å². The van der Waals surface area contributed by atoms with Gasteiger partial charge in [-0.25, -0.2) is 0 Å². The van der Waals surface area contributed by atoms with Gasteiger partial charge in [0, 0.05) is 11.1 Å². The monoisotopic (exact) mass is 294 g/mol. The molecule has 2 aromatic rings. The summed E-state index contributed by atoms with van der Waals surface area (Å²) < 4.78 is 0. The van der Waals surface area contributed by atoms with Gasteiger partial charge >= 0.3 is 0 Å². The van der Waals surface area contributed by atoms with Gasteiger partial charge in [-0.2, -0.15) is 0 Å². The van der Waals surface area contributed by atoms with Gasteiger partial charge in [-0.15, -0.1) is 0 Å². The molecule has 2 aromatic carbocycles. The van der Waals surface area contributed by atoms with Gasteiger partial charge in [0.25, 0.3) is 11.8 Å². The fourth-order valence-electron chi connectivity index (χ4n) is 2.58. The Bertz CT molecular complexity index is 850. The van der Waals surface area contributed by atoms with Crippen LogP contribution in [0.25, 0.3) is 10.8 Å². The summed E-state index contributed by atoms with van der Waals surface area (Å²) in [6.07, 6.45) is 0. The number of fused-ring (bicyclic) bond motifs is 2. The number of carbonyl (C=O) groups is 4. The van der Waals surface area contributed by atoms with Gasteiger partial charge in [-0.3, -0.25) is 19.2 Å². The standard InChI is InChI=1S/C16H10N2O4/c17-15(21)11-12(16(18)22)14(20)10-6-8-4-2-1-3-7(8)5-9(10)13(11)19/h1-6H,(H2,17,21)(H2,18,22). The molecular formula is C16H10N2O4. The molecule has 1 aliphatic rings. The first kappa shape index (κ1) is 13.7. The van der Waals surface area contributed by atoms with Crippen LogP contribution in [0.2, 0.25) is 0 Å². The zero-order valence-electron chi connectivity index (χ0n) is 11.3.